The Bertz CT molecular complexity index is 163. The Morgan fingerprint density at radius 1 is 1.73 bits per heavy atom. The van der Waals surface area contributed by atoms with E-state index in [1.165, 1.54) is 0 Å². The van der Waals surface area contributed by atoms with Gasteiger partial charge in [-0.25, -0.2) is 0 Å². The maximum absolute atomic E-state index is 5.73. The lowest BCUT2D eigenvalue weighted by Crippen LogP contribution is -2.20. The molecule has 0 heterocycles. The molecule has 0 bridgehead atoms. The second-order valence-electron chi connectivity index (χ2n) is 2.52. The van der Waals surface area contributed by atoms with E-state index in [0.717, 1.165) is 17.7 Å². The van der Waals surface area contributed by atoms with Gasteiger partial charge >= 0.3 is 0 Å². The van der Waals surface area contributed by atoms with Crippen LogP contribution < -0.4 is 11.5 Å². The SMILES string of the molecule is C=C(N)CC[C@H](N)/C(S)=C/C. The largest absolute Gasteiger partial charge is 0.403 e. The van der Waals surface area contributed by atoms with Crippen LogP contribution in [0.15, 0.2) is 23.3 Å². The standard InChI is InChI=1S/C8H16N2S/c1-3-8(11)7(10)5-4-6(2)9/h3,7,11H,2,4-5,9-10H2,1H3/b8-3-/t7-/m0/s1. The van der Waals surface area contributed by atoms with Gasteiger partial charge in [0.05, 0.1) is 0 Å². The van der Waals surface area contributed by atoms with E-state index in [1.54, 1.807) is 0 Å². The predicted molar refractivity (Wildman–Crippen MR) is 53.3 cm³/mol. The van der Waals surface area contributed by atoms with Crippen molar-refractivity contribution in [2.45, 2.75) is 25.8 Å². The average Bonchev–Trinajstić information content (AvgIpc) is 1.98. The van der Waals surface area contributed by atoms with Crippen molar-refractivity contribution in [2.24, 2.45) is 11.5 Å². The summed E-state index contributed by atoms with van der Waals surface area (Å²) in [7, 11) is 0. The van der Waals surface area contributed by atoms with Gasteiger partial charge in [-0.15, -0.1) is 12.6 Å². The van der Waals surface area contributed by atoms with Crippen LogP contribution in [0.3, 0.4) is 0 Å². The molecule has 0 aliphatic heterocycles. The number of rotatable bonds is 4. The molecule has 0 radical (unpaired) electrons. The lowest BCUT2D eigenvalue weighted by atomic mass is 10.1. The first-order chi connectivity index (χ1) is 5.07. The van der Waals surface area contributed by atoms with Gasteiger partial charge in [-0.2, -0.15) is 0 Å². The Kier molecular flexibility index (Phi) is 5.07. The summed E-state index contributed by atoms with van der Waals surface area (Å²) in [5.41, 5.74) is 11.8. The summed E-state index contributed by atoms with van der Waals surface area (Å²) in [6, 6.07) is 0.00336. The Balaban J connectivity index is 3.69. The number of thiol groups is 1. The molecule has 0 aliphatic carbocycles. The van der Waals surface area contributed by atoms with E-state index in [0.29, 0.717) is 5.70 Å². The topological polar surface area (TPSA) is 52.0 Å². The molecule has 11 heavy (non-hydrogen) atoms. The van der Waals surface area contributed by atoms with Gasteiger partial charge in [-0.3, -0.25) is 0 Å². The highest BCUT2D eigenvalue weighted by molar-refractivity contribution is 7.84. The fraction of sp³-hybridized carbons (Fsp3) is 0.500. The van der Waals surface area contributed by atoms with Crippen molar-refractivity contribution in [2.75, 3.05) is 0 Å². The van der Waals surface area contributed by atoms with Crippen LogP contribution in [0.5, 0.6) is 0 Å². The molecule has 64 valence electrons. The first-order valence-corrected chi connectivity index (χ1v) is 4.06. The van der Waals surface area contributed by atoms with Crippen LogP contribution >= 0.6 is 12.6 Å². The Morgan fingerprint density at radius 3 is 2.64 bits per heavy atom. The van der Waals surface area contributed by atoms with Crippen LogP contribution in [0, 0.1) is 0 Å². The van der Waals surface area contributed by atoms with Gasteiger partial charge in [0, 0.05) is 11.7 Å². The summed E-state index contributed by atoms with van der Waals surface area (Å²) in [5, 5.41) is 0. The Morgan fingerprint density at radius 2 is 2.27 bits per heavy atom. The third-order valence-corrected chi connectivity index (χ3v) is 2.04. The third-order valence-electron chi connectivity index (χ3n) is 1.45. The fourth-order valence-electron chi connectivity index (χ4n) is 0.703. The minimum atomic E-state index is 0.00336. The van der Waals surface area contributed by atoms with E-state index in [2.05, 4.69) is 19.2 Å². The van der Waals surface area contributed by atoms with Crippen molar-refractivity contribution < 1.29 is 0 Å². The predicted octanol–water partition coefficient (Wildman–Crippen LogP) is 1.40. The first kappa shape index (κ1) is 10.6. The van der Waals surface area contributed by atoms with E-state index >= 15 is 0 Å². The summed E-state index contributed by atoms with van der Waals surface area (Å²) in [4.78, 5) is 0.909. The zero-order valence-corrected chi connectivity index (χ0v) is 7.77. The minimum absolute atomic E-state index is 0.00336. The average molecular weight is 172 g/mol. The van der Waals surface area contributed by atoms with Gasteiger partial charge in [0.15, 0.2) is 0 Å². The van der Waals surface area contributed by atoms with E-state index in [1.807, 2.05) is 13.0 Å². The quantitative estimate of drug-likeness (QED) is 0.561. The second-order valence-corrected chi connectivity index (χ2v) is 3.03. The molecule has 0 fully saturated rings. The van der Waals surface area contributed by atoms with E-state index in [9.17, 15) is 0 Å². The summed E-state index contributed by atoms with van der Waals surface area (Å²) in [6.07, 6.45) is 3.48. The summed E-state index contributed by atoms with van der Waals surface area (Å²) < 4.78 is 0. The third kappa shape index (κ3) is 4.93. The highest BCUT2D eigenvalue weighted by Gasteiger charge is 2.03. The van der Waals surface area contributed by atoms with Crippen molar-refractivity contribution in [3.63, 3.8) is 0 Å². The zero-order valence-electron chi connectivity index (χ0n) is 6.88. The molecule has 0 aromatic rings. The molecule has 0 saturated heterocycles. The smallest absolute Gasteiger partial charge is 0.0352 e. The van der Waals surface area contributed by atoms with Crippen LogP contribution in [-0.4, -0.2) is 6.04 Å². The van der Waals surface area contributed by atoms with Gasteiger partial charge in [-0.1, -0.05) is 12.7 Å². The van der Waals surface area contributed by atoms with Crippen molar-refractivity contribution >= 4 is 12.6 Å². The fourth-order valence-corrected chi connectivity index (χ4v) is 0.832. The molecule has 0 aromatic carbocycles. The van der Waals surface area contributed by atoms with Crippen LogP contribution in [0.1, 0.15) is 19.8 Å². The second kappa shape index (κ2) is 5.27. The normalized spacial score (nSPS) is 14.6. The molecule has 0 spiro atoms. The highest BCUT2D eigenvalue weighted by atomic mass is 32.1. The van der Waals surface area contributed by atoms with E-state index in [-0.39, 0.29) is 6.04 Å². The van der Waals surface area contributed by atoms with Gasteiger partial charge in [0.2, 0.25) is 0 Å². The molecule has 2 nitrogen and oxygen atoms in total. The van der Waals surface area contributed by atoms with Crippen LogP contribution in [0.2, 0.25) is 0 Å². The molecule has 0 rings (SSSR count). The number of allylic oxidation sites excluding steroid dienone is 2. The Labute approximate surface area is 73.7 Å². The Hall–Kier alpha value is -0.410. The highest BCUT2D eigenvalue weighted by Crippen LogP contribution is 2.10. The monoisotopic (exact) mass is 172 g/mol. The van der Waals surface area contributed by atoms with Crippen LogP contribution in [0.4, 0.5) is 0 Å². The van der Waals surface area contributed by atoms with Crippen molar-refractivity contribution in [3.05, 3.63) is 23.3 Å². The maximum atomic E-state index is 5.73. The number of nitrogens with two attached hydrogens (primary N) is 2. The molecule has 0 amide bonds. The van der Waals surface area contributed by atoms with E-state index < -0.39 is 0 Å². The van der Waals surface area contributed by atoms with Gasteiger partial charge in [0.25, 0.3) is 0 Å². The van der Waals surface area contributed by atoms with Crippen LogP contribution in [-0.2, 0) is 0 Å². The van der Waals surface area contributed by atoms with Crippen LogP contribution in [0.25, 0.3) is 0 Å². The van der Waals surface area contributed by atoms with Gasteiger partial charge in [0.1, 0.15) is 0 Å². The van der Waals surface area contributed by atoms with E-state index in [4.69, 9.17) is 11.5 Å². The zero-order chi connectivity index (χ0) is 8.85. The first-order valence-electron chi connectivity index (χ1n) is 3.62. The van der Waals surface area contributed by atoms with Gasteiger partial charge in [-0.05, 0) is 24.7 Å². The molecule has 3 heteroatoms. The van der Waals surface area contributed by atoms with Crippen molar-refractivity contribution in [1.82, 2.24) is 0 Å². The number of hydrogen-bond acceptors (Lipinski definition) is 3. The lowest BCUT2D eigenvalue weighted by molar-refractivity contribution is 0.706. The summed E-state index contributed by atoms with van der Waals surface area (Å²) in [5.74, 6) is 0. The molecular weight excluding hydrogens is 156 g/mol. The molecule has 1 atom stereocenters. The number of hydrogen-bond donors (Lipinski definition) is 3. The molecular formula is C8H16N2S. The maximum Gasteiger partial charge on any atom is 0.0352 e. The molecule has 0 aromatic heterocycles. The molecule has 0 aliphatic rings. The molecule has 4 N–H and O–H groups in total. The molecule has 0 unspecified atom stereocenters. The van der Waals surface area contributed by atoms with Crippen molar-refractivity contribution in [1.29, 1.82) is 0 Å². The summed E-state index contributed by atoms with van der Waals surface area (Å²) in [6.45, 7) is 5.51. The van der Waals surface area contributed by atoms with Gasteiger partial charge < -0.3 is 11.5 Å². The molecule has 0 saturated carbocycles. The minimum Gasteiger partial charge on any atom is -0.403 e. The lowest BCUT2D eigenvalue weighted by Gasteiger charge is -2.10. The summed E-state index contributed by atoms with van der Waals surface area (Å²) >= 11 is 4.19. The van der Waals surface area contributed by atoms with Crippen molar-refractivity contribution in [3.8, 4) is 0 Å².